The van der Waals surface area contributed by atoms with Gasteiger partial charge in [-0.05, 0) is 7.05 Å². The second-order valence-corrected chi connectivity index (χ2v) is 3.05. The van der Waals surface area contributed by atoms with Crippen molar-refractivity contribution in [2.75, 3.05) is 19.3 Å². The number of hydrogen-bond donors (Lipinski definition) is 2. The third kappa shape index (κ3) is 2.27. The van der Waals surface area contributed by atoms with E-state index in [1.807, 2.05) is 0 Å². The molecular formula is C7H14Cl2N4. The van der Waals surface area contributed by atoms with Gasteiger partial charge in [0.05, 0.1) is 0 Å². The second-order valence-electron chi connectivity index (χ2n) is 3.05. The maximum atomic E-state index is 5.65. The Morgan fingerprint density at radius 1 is 1.46 bits per heavy atom. The zero-order valence-electron chi connectivity index (χ0n) is 7.41. The molecule has 6 heteroatoms. The first-order valence-corrected chi connectivity index (χ1v) is 3.77. The highest BCUT2D eigenvalue weighted by Crippen LogP contribution is 2.19. The van der Waals surface area contributed by atoms with Crippen molar-refractivity contribution in [3.05, 3.63) is 11.3 Å². The van der Waals surface area contributed by atoms with Gasteiger partial charge in [-0.1, -0.05) is 0 Å². The number of anilines is 1. The molecular weight excluding hydrogens is 211 g/mol. The molecule has 0 saturated carbocycles. The van der Waals surface area contributed by atoms with E-state index in [1.165, 1.54) is 11.3 Å². The van der Waals surface area contributed by atoms with Crippen LogP contribution in [0.2, 0.25) is 0 Å². The number of aromatic nitrogens is 2. The van der Waals surface area contributed by atoms with Crippen LogP contribution in [0.5, 0.6) is 0 Å². The van der Waals surface area contributed by atoms with Gasteiger partial charge in [0.1, 0.15) is 5.82 Å². The maximum absolute atomic E-state index is 5.65. The number of nitrogens with zero attached hydrogens (tertiary/aromatic N) is 2. The van der Waals surface area contributed by atoms with Crippen LogP contribution >= 0.6 is 24.8 Å². The smallest absolute Gasteiger partial charge is 0.149 e. The van der Waals surface area contributed by atoms with Gasteiger partial charge < -0.3 is 10.6 Å². The van der Waals surface area contributed by atoms with Gasteiger partial charge in [0, 0.05) is 30.8 Å². The zero-order valence-corrected chi connectivity index (χ0v) is 9.04. The summed E-state index contributed by atoms with van der Waals surface area (Å²) in [5.74, 6) is 0.659. The van der Waals surface area contributed by atoms with Crippen LogP contribution in [0.15, 0.2) is 0 Å². The van der Waals surface area contributed by atoms with Crippen LogP contribution in [-0.4, -0.2) is 28.7 Å². The highest BCUT2D eigenvalue weighted by Gasteiger charge is 2.17. The molecule has 1 aliphatic rings. The van der Waals surface area contributed by atoms with E-state index in [1.54, 1.807) is 0 Å². The molecule has 0 fully saturated rings. The average Bonchev–Trinajstić information content (AvgIpc) is 2.33. The molecule has 1 aliphatic heterocycles. The Balaban J connectivity index is 0.000000720. The number of likely N-dealkylation sites (N-methyl/N-ethyl adjacent to an activating group) is 1. The predicted octanol–water partition coefficient (Wildman–Crippen LogP) is 0.823. The van der Waals surface area contributed by atoms with E-state index in [2.05, 4.69) is 22.1 Å². The average molecular weight is 225 g/mol. The van der Waals surface area contributed by atoms with Crippen molar-refractivity contribution >= 4 is 30.6 Å². The zero-order chi connectivity index (χ0) is 7.84. The minimum atomic E-state index is 0. The summed E-state index contributed by atoms with van der Waals surface area (Å²) in [7, 11) is 2.09. The normalized spacial score (nSPS) is 15.5. The lowest BCUT2D eigenvalue weighted by molar-refractivity contribution is 0.312. The number of fused-ring (bicyclic) bond motifs is 1. The van der Waals surface area contributed by atoms with Gasteiger partial charge in [-0.25, -0.2) is 0 Å². The van der Waals surface area contributed by atoms with Gasteiger partial charge in [-0.3, -0.25) is 5.10 Å². The van der Waals surface area contributed by atoms with Crippen molar-refractivity contribution in [1.29, 1.82) is 0 Å². The number of nitrogens with one attached hydrogen (secondary N) is 1. The summed E-state index contributed by atoms with van der Waals surface area (Å²) in [6.45, 7) is 2.02. The molecule has 0 bridgehead atoms. The van der Waals surface area contributed by atoms with Crippen LogP contribution in [0.4, 0.5) is 5.82 Å². The molecule has 0 unspecified atom stereocenters. The number of H-pyrrole nitrogens is 1. The lowest BCUT2D eigenvalue weighted by Crippen LogP contribution is -2.26. The molecule has 0 radical (unpaired) electrons. The van der Waals surface area contributed by atoms with Crippen LogP contribution in [0.25, 0.3) is 0 Å². The molecule has 4 nitrogen and oxygen atoms in total. The van der Waals surface area contributed by atoms with E-state index in [4.69, 9.17) is 5.73 Å². The topological polar surface area (TPSA) is 57.9 Å². The van der Waals surface area contributed by atoms with Crippen LogP contribution in [-0.2, 0) is 13.0 Å². The minimum Gasteiger partial charge on any atom is -0.382 e. The summed E-state index contributed by atoms with van der Waals surface area (Å²) < 4.78 is 0. The number of hydrogen-bond acceptors (Lipinski definition) is 3. The first kappa shape index (κ1) is 12.5. The summed E-state index contributed by atoms with van der Waals surface area (Å²) in [6, 6.07) is 0. The quantitative estimate of drug-likeness (QED) is 0.687. The third-order valence-corrected chi connectivity index (χ3v) is 2.16. The van der Waals surface area contributed by atoms with Crippen LogP contribution in [0.1, 0.15) is 11.3 Å². The molecule has 2 heterocycles. The molecule has 0 atom stereocenters. The van der Waals surface area contributed by atoms with E-state index in [0.29, 0.717) is 5.82 Å². The summed E-state index contributed by atoms with van der Waals surface area (Å²) in [6.07, 6.45) is 1.04. The second kappa shape index (κ2) is 4.69. The Labute approximate surface area is 89.7 Å². The molecule has 0 amide bonds. The van der Waals surface area contributed by atoms with Gasteiger partial charge in [0.15, 0.2) is 0 Å². The fourth-order valence-corrected chi connectivity index (χ4v) is 1.45. The number of aromatic amines is 1. The lowest BCUT2D eigenvalue weighted by Gasteiger charge is -2.21. The summed E-state index contributed by atoms with van der Waals surface area (Å²) in [5.41, 5.74) is 8.04. The summed E-state index contributed by atoms with van der Waals surface area (Å²) in [4.78, 5) is 2.24. The monoisotopic (exact) mass is 224 g/mol. The van der Waals surface area contributed by atoms with Gasteiger partial charge in [-0.2, -0.15) is 5.10 Å². The van der Waals surface area contributed by atoms with Crippen molar-refractivity contribution in [1.82, 2.24) is 15.1 Å². The van der Waals surface area contributed by atoms with Gasteiger partial charge in [0.2, 0.25) is 0 Å². The van der Waals surface area contributed by atoms with Gasteiger partial charge >= 0.3 is 0 Å². The number of nitrogen functional groups attached to an aromatic ring is 1. The maximum Gasteiger partial charge on any atom is 0.149 e. The van der Waals surface area contributed by atoms with E-state index >= 15 is 0 Å². The van der Waals surface area contributed by atoms with Gasteiger partial charge in [0.25, 0.3) is 0 Å². The van der Waals surface area contributed by atoms with E-state index in [9.17, 15) is 0 Å². The van der Waals surface area contributed by atoms with Gasteiger partial charge in [-0.15, -0.1) is 24.8 Å². The number of rotatable bonds is 0. The van der Waals surface area contributed by atoms with E-state index in [-0.39, 0.29) is 24.8 Å². The van der Waals surface area contributed by atoms with Crippen LogP contribution in [0.3, 0.4) is 0 Å². The Hall–Kier alpha value is -0.450. The first-order chi connectivity index (χ1) is 5.27. The molecule has 0 spiro atoms. The van der Waals surface area contributed by atoms with Crippen molar-refractivity contribution < 1.29 is 0 Å². The van der Waals surface area contributed by atoms with Crippen molar-refractivity contribution in [3.63, 3.8) is 0 Å². The Morgan fingerprint density at radius 3 is 2.85 bits per heavy atom. The Morgan fingerprint density at radius 2 is 2.15 bits per heavy atom. The molecule has 76 valence electrons. The third-order valence-electron chi connectivity index (χ3n) is 2.16. The van der Waals surface area contributed by atoms with E-state index < -0.39 is 0 Å². The SMILES string of the molecule is CN1CCc2[nH]nc(N)c2C1.Cl.Cl. The largest absolute Gasteiger partial charge is 0.382 e. The molecule has 1 aromatic rings. The van der Waals surface area contributed by atoms with Crippen molar-refractivity contribution in [3.8, 4) is 0 Å². The fraction of sp³-hybridized carbons (Fsp3) is 0.571. The summed E-state index contributed by atoms with van der Waals surface area (Å²) in [5, 5.41) is 6.90. The molecule has 0 saturated heterocycles. The molecule has 2 rings (SSSR count). The standard InChI is InChI=1S/C7H12N4.2ClH/c1-11-3-2-6-5(4-11)7(8)10-9-6;;/h2-4H2,1H3,(H3,8,9,10);2*1H. The predicted molar refractivity (Wildman–Crippen MR) is 57.5 cm³/mol. The fourth-order valence-electron chi connectivity index (χ4n) is 1.45. The molecule has 1 aromatic heterocycles. The van der Waals surface area contributed by atoms with Crippen molar-refractivity contribution in [2.45, 2.75) is 13.0 Å². The highest BCUT2D eigenvalue weighted by atomic mass is 35.5. The molecule has 3 N–H and O–H groups in total. The van der Waals surface area contributed by atoms with Crippen LogP contribution in [0, 0.1) is 0 Å². The highest BCUT2D eigenvalue weighted by molar-refractivity contribution is 5.85. The summed E-state index contributed by atoms with van der Waals surface area (Å²) >= 11 is 0. The lowest BCUT2D eigenvalue weighted by atomic mass is 10.1. The van der Waals surface area contributed by atoms with E-state index in [0.717, 1.165) is 19.5 Å². The molecule has 13 heavy (non-hydrogen) atoms. The molecule has 0 aromatic carbocycles. The van der Waals surface area contributed by atoms with Crippen molar-refractivity contribution in [2.24, 2.45) is 0 Å². The Bertz CT molecular complexity index is 273. The first-order valence-electron chi connectivity index (χ1n) is 3.77. The Kier molecular flexibility index (Phi) is 4.53. The minimum absolute atomic E-state index is 0. The molecule has 0 aliphatic carbocycles. The number of halogens is 2. The number of nitrogens with two attached hydrogens (primary N) is 1. The van der Waals surface area contributed by atoms with Crippen LogP contribution < -0.4 is 5.73 Å².